The minimum absolute atomic E-state index is 0.114. The molecule has 78 valence electrons. The van der Waals surface area contributed by atoms with Crippen LogP contribution < -0.4 is 0 Å². The lowest BCUT2D eigenvalue weighted by atomic mass is 9.94. The van der Waals surface area contributed by atoms with E-state index < -0.39 is 30.5 Å². The number of hydrogen-bond acceptors (Lipinski definition) is 5. The molecule has 4 N–H and O–H groups in total. The van der Waals surface area contributed by atoms with E-state index in [-0.39, 0.29) is 13.0 Å². The Bertz CT molecular complexity index is 163. The Morgan fingerprint density at radius 3 is 2.23 bits per heavy atom. The summed E-state index contributed by atoms with van der Waals surface area (Å²) in [5.41, 5.74) is 0. The average molecular weight is 192 g/mol. The lowest BCUT2D eigenvalue weighted by Gasteiger charge is -2.39. The van der Waals surface area contributed by atoms with Gasteiger partial charge in [-0.2, -0.15) is 0 Å². The fourth-order valence-electron chi connectivity index (χ4n) is 1.50. The Balaban J connectivity index is 2.59. The summed E-state index contributed by atoms with van der Waals surface area (Å²) in [7, 11) is 0. The molecule has 5 nitrogen and oxygen atoms in total. The van der Waals surface area contributed by atoms with Crippen molar-refractivity contribution in [1.82, 2.24) is 0 Å². The van der Waals surface area contributed by atoms with Gasteiger partial charge in [0, 0.05) is 6.61 Å². The molecule has 5 heteroatoms. The van der Waals surface area contributed by atoms with Gasteiger partial charge < -0.3 is 25.2 Å². The van der Waals surface area contributed by atoms with Gasteiger partial charge in [-0.05, 0) is 13.3 Å². The van der Waals surface area contributed by atoms with Gasteiger partial charge in [-0.15, -0.1) is 0 Å². The van der Waals surface area contributed by atoms with Crippen molar-refractivity contribution >= 4 is 0 Å². The maximum absolute atomic E-state index is 9.41. The van der Waals surface area contributed by atoms with Crippen LogP contribution in [-0.2, 0) is 4.74 Å². The highest BCUT2D eigenvalue weighted by atomic mass is 16.5. The third kappa shape index (κ3) is 2.18. The van der Waals surface area contributed by atoms with Crippen molar-refractivity contribution in [2.45, 2.75) is 43.9 Å². The van der Waals surface area contributed by atoms with Crippen LogP contribution in [0, 0.1) is 0 Å². The zero-order valence-electron chi connectivity index (χ0n) is 7.50. The zero-order valence-corrected chi connectivity index (χ0v) is 7.50. The van der Waals surface area contributed by atoms with Gasteiger partial charge in [-0.3, -0.25) is 0 Å². The number of rotatable bonds is 2. The Morgan fingerprint density at radius 1 is 1.08 bits per heavy atom. The molecule has 13 heavy (non-hydrogen) atoms. The largest absolute Gasteiger partial charge is 0.396 e. The molecule has 1 saturated heterocycles. The molecule has 1 aliphatic rings. The molecular formula is C8H16O5. The highest BCUT2D eigenvalue weighted by Gasteiger charge is 2.41. The molecule has 1 fully saturated rings. The summed E-state index contributed by atoms with van der Waals surface area (Å²) in [4.78, 5) is 0. The second kappa shape index (κ2) is 4.34. The number of ether oxygens (including phenoxy) is 1. The Morgan fingerprint density at radius 2 is 1.69 bits per heavy atom. The second-order valence-corrected chi connectivity index (χ2v) is 3.36. The Kier molecular flexibility index (Phi) is 3.63. The molecule has 0 saturated carbocycles. The van der Waals surface area contributed by atoms with Crippen molar-refractivity contribution in [3.8, 4) is 0 Å². The molecule has 1 aliphatic heterocycles. The van der Waals surface area contributed by atoms with E-state index in [1.165, 1.54) is 0 Å². The summed E-state index contributed by atoms with van der Waals surface area (Å²) in [6, 6.07) is 0. The van der Waals surface area contributed by atoms with Crippen molar-refractivity contribution in [3.63, 3.8) is 0 Å². The lowest BCUT2D eigenvalue weighted by molar-refractivity contribution is -0.219. The van der Waals surface area contributed by atoms with Gasteiger partial charge in [-0.1, -0.05) is 0 Å². The first-order valence-electron chi connectivity index (χ1n) is 4.38. The molecule has 1 heterocycles. The molecule has 0 unspecified atom stereocenters. The molecule has 0 spiro atoms. The number of hydrogen-bond donors (Lipinski definition) is 4. The van der Waals surface area contributed by atoms with E-state index in [1.54, 1.807) is 6.92 Å². The molecule has 0 aliphatic carbocycles. The summed E-state index contributed by atoms with van der Waals surface area (Å²) in [6.07, 6.45) is -4.24. The lowest BCUT2D eigenvalue weighted by Crippen LogP contribution is -2.56. The summed E-state index contributed by atoms with van der Waals surface area (Å²) < 4.78 is 5.20. The van der Waals surface area contributed by atoms with E-state index >= 15 is 0 Å². The average Bonchev–Trinajstić information content (AvgIpc) is 2.11. The fraction of sp³-hybridized carbons (Fsp3) is 1.00. The van der Waals surface area contributed by atoms with Gasteiger partial charge in [0.15, 0.2) is 0 Å². The predicted molar refractivity (Wildman–Crippen MR) is 44.1 cm³/mol. The molecule has 0 aromatic heterocycles. The van der Waals surface area contributed by atoms with Crippen LogP contribution in [0.15, 0.2) is 0 Å². The number of aliphatic hydroxyl groups excluding tert-OH is 4. The monoisotopic (exact) mass is 192 g/mol. The van der Waals surface area contributed by atoms with E-state index in [4.69, 9.17) is 9.84 Å². The maximum Gasteiger partial charge on any atom is 0.111 e. The van der Waals surface area contributed by atoms with Gasteiger partial charge in [-0.25, -0.2) is 0 Å². The van der Waals surface area contributed by atoms with Crippen molar-refractivity contribution in [2.24, 2.45) is 0 Å². The van der Waals surface area contributed by atoms with Crippen LogP contribution in [0.4, 0.5) is 0 Å². The van der Waals surface area contributed by atoms with Crippen LogP contribution in [0.25, 0.3) is 0 Å². The van der Waals surface area contributed by atoms with Crippen molar-refractivity contribution < 1.29 is 25.2 Å². The van der Waals surface area contributed by atoms with Crippen LogP contribution in [0.3, 0.4) is 0 Å². The van der Waals surface area contributed by atoms with Crippen LogP contribution in [0.1, 0.15) is 13.3 Å². The second-order valence-electron chi connectivity index (χ2n) is 3.36. The molecule has 5 atom stereocenters. The minimum Gasteiger partial charge on any atom is -0.396 e. The Labute approximate surface area is 76.6 Å². The van der Waals surface area contributed by atoms with Gasteiger partial charge in [0.2, 0.25) is 0 Å². The third-order valence-electron chi connectivity index (χ3n) is 2.36. The maximum atomic E-state index is 9.41. The molecule has 0 radical (unpaired) electrons. The van der Waals surface area contributed by atoms with Gasteiger partial charge in [0.1, 0.15) is 18.3 Å². The predicted octanol–water partition coefficient (Wildman–Crippen LogP) is -1.76. The quantitative estimate of drug-likeness (QED) is 0.416. The first-order valence-corrected chi connectivity index (χ1v) is 4.38. The molecule has 0 bridgehead atoms. The summed E-state index contributed by atoms with van der Waals surface area (Å²) in [5.74, 6) is 0. The van der Waals surface area contributed by atoms with E-state index in [1.807, 2.05) is 0 Å². The van der Waals surface area contributed by atoms with E-state index in [0.29, 0.717) is 0 Å². The van der Waals surface area contributed by atoms with Crippen molar-refractivity contribution in [2.75, 3.05) is 6.61 Å². The summed E-state index contributed by atoms with van der Waals surface area (Å²) in [6.45, 7) is 1.50. The van der Waals surface area contributed by atoms with E-state index in [0.717, 1.165) is 0 Å². The van der Waals surface area contributed by atoms with Crippen LogP contribution in [0.5, 0.6) is 0 Å². The molecule has 0 aromatic carbocycles. The summed E-state index contributed by atoms with van der Waals surface area (Å²) in [5, 5.41) is 36.7. The van der Waals surface area contributed by atoms with Gasteiger partial charge in [0.25, 0.3) is 0 Å². The normalized spacial score (nSPS) is 46.4. The van der Waals surface area contributed by atoms with Crippen LogP contribution in [-0.4, -0.2) is 57.6 Å². The zero-order chi connectivity index (χ0) is 10.0. The fourth-order valence-corrected chi connectivity index (χ4v) is 1.50. The van der Waals surface area contributed by atoms with Crippen molar-refractivity contribution in [1.29, 1.82) is 0 Å². The smallest absolute Gasteiger partial charge is 0.111 e. The SMILES string of the molecule is C[C@@H]1O[C@@H](CCO)[C@@H](O)[C@H](O)[C@@H]1O. The van der Waals surface area contributed by atoms with Crippen molar-refractivity contribution in [3.05, 3.63) is 0 Å². The minimum atomic E-state index is -1.19. The van der Waals surface area contributed by atoms with E-state index in [2.05, 4.69) is 0 Å². The van der Waals surface area contributed by atoms with Crippen LogP contribution in [0.2, 0.25) is 0 Å². The van der Waals surface area contributed by atoms with Gasteiger partial charge in [0.05, 0.1) is 12.2 Å². The standard InChI is InChI=1S/C8H16O5/c1-4-6(10)8(12)7(11)5(13-4)2-3-9/h4-12H,2-3H2,1H3/t4-,5-,6+,7+,8+/m0/s1. The first kappa shape index (κ1) is 10.9. The number of aliphatic hydroxyl groups is 4. The van der Waals surface area contributed by atoms with Crippen LogP contribution >= 0.6 is 0 Å². The summed E-state index contributed by atoms with van der Waals surface area (Å²) >= 11 is 0. The molecular weight excluding hydrogens is 176 g/mol. The van der Waals surface area contributed by atoms with E-state index in [9.17, 15) is 15.3 Å². The molecule has 1 rings (SSSR count). The molecule has 0 aromatic rings. The topological polar surface area (TPSA) is 90.2 Å². The highest BCUT2D eigenvalue weighted by molar-refractivity contribution is 4.90. The van der Waals surface area contributed by atoms with Gasteiger partial charge >= 0.3 is 0 Å². The third-order valence-corrected chi connectivity index (χ3v) is 2.36. The molecule has 0 amide bonds. The highest BCUT2D eigenvalue weighted by Crippen LogP contribution is 2.22. The Hall–Kier alpha value is -0.200. The first-order chi connectivity index (χ1) is 6.07.